The fraction of sp³-hybridized carbons (Fsp3) is 0.315. The van der Waals surface area contributed by atoms with Crippen molar-refractivity contribution < 1.29 is 62.2 Å². The van der Waals surface area contributed by atoms with E-state index in [-0.39, 0.29) is 27.1 Å². The number of halogens is 3. The molecule has 0 amide bonds. The highest BCUT2D eigenvalue weighted by molar-refractivity contribution is 9.69. The van der Waals surface area contributed by atoms with Gasteiger partial charge in [-0.25, -0.2) is 9.59 Å². The first-order valence-corrected chi connectivity index (χ1v) is 34.4. The third-order valence-corrected chi connectivity index (χ3v) is 18.6. The Balaban J connectivity index is 0.000000389. The molecule has 0 bridgehead atoms. The molecular formula is C73H89BBr3O13P. The third-order valence-electron chi connectivity index (χ3n) is 14.6. The van der Waals surface area contributed by atoms with Gasteiger partial charge in [-0.05, 0) is 216 Å². The Bertz CT molecular complexity index is 3380. The van der Waals surface area contributed by atoms with Crippen molar-refractivity contribution in [2.75, 3.05) is 47.8 Å². The number of hydrogen-bond donors (Lipinski definition) is 1. The summed E-state index contributed by atoms with van der Waals surface area (Å²) < 4.78 is 35.8. The van der Waals surface area contributed by atoms with Gasteiger partial charge in [-0.2, -0.15) is 0 Å². The van der Waals surface area contributed by atoms with Gasteiger partial charge in [0.2, 0.25) is 0 Å². The van der Waals surface area contributed by atoms with E-state index >= 15 is 0 Å². The van der Waals surface area contributed by atoms with Crippen LogP contribution in [-0.4, -0.2) is 92.0 Å². The summed E-state index contributed by atoms with van der Waals surface area (Å²) in [6, 6.07) is 45.6. The van der Waals surface area contributed by atoms with E-state index in [1.807, 2.05) is 153 Å². The fourth-order valence-electron chi connectivity index (χ4n) is 9.15. The summed E-state index contributed by atoms with van der Waals surface area (Å²) in [5, 5.41) is 12.9. The van der Waals surface area contributed by atoms with Crippen LogP contribution in [0, 0.1) is 55.4 Å². The molecule has 7 aromatic carbocycles. The second kappa shape index (κ2) is 43.6. The summed E-state index contributed by atoms with van der Waals surface area (Å²) >= 11 is 9.31. The summed E-state index contributed by atoms with van der Waals surface area (Å²) in [7, 11) is 4.94. The fourth-order valence-corrected chi connectivity index (χ4v) is 12.8. The molecule has 488 valence electrons. The van der Waals surface area contributed by atoms with Gasteiger partial charge in [-0.15, -0.1) is 47.3 Å². The lowest BCUT2D eigenvalue weighted by atomic mass is 9.99. The van der Waals surface area contributed by atoms with E-state index in [2.05, 4.69) is 90.6 Å². The van der Waals surface area contributed by atoms with E-state index in [4.69, 9.17) is 33.2 Å². The minimum atomic E-state index is -2.24. The number of benzene rings is 7. The normalized spacial score (nSPS) is 10.2. The highest BCUT2D eigenvalue weighted by atomic mass is 79.9. The van der Waals surface area contributed by atoms with Gasteiger partial charge < -0.3 is 38.3 Å². The summed E-state index contributed by atoms with van der Waals surface area (Å²) in [5.41, 5.74) is 12.4. The van der Waals surface area contributed by atoms with Crippen LogP contribution in [0.5, 0.6) is 23.0 Å². The van der Waals surface area contributed by atoms with E-state index in [0.29, 0.717) is 51.4 Å². The van der Waals surface area contributed by atoms with Crippen molar-refractivity contribution in [3.05, 3.63) is 212 Å². The van der Waals surface area contributed by atoms with E-state index in [1.54, 1.807) is 59.2 Å². The Labute approximate surface area is 565 Å². The lowest BCUT2D eigenvalue weighted by Crippen LogP contribution is -2.29. The lowest BCUT2D eigenvalue weighted by molar-refractivity contribution is -0.144. The van der Waals surface area contributed by atoms with Crippen molar-refractivity contribution in [3.63, 3.8) is 0 Å². The number of rotatable bonds is 20. The number of carbonyl (C=O) groups is 5. The molecule has 0 unspecified atom stereocenters. The molecule has 0 heterocycles. The average molecular weight is 1460 g/mol. The predicted molar refractivity (Wildman–Crippen MR) is 386 cm³/mol. The number of esters is 4. The smallest absolute Gasteiger partial charge is 0.369 e. The van der Waals surface area contributed by atoms with Crippen molar-refractivity contribution in [2.24, 2.45) is 0 Å². The van der Waals surface area contributed by atoms with Crippen molar-refractivity contribution in [1.82, 2.24) is 0 Å². The van der Waals surface area contributed by atoms with Crippen LogP contribution in [0.3, 0.4) is 0 Å². The van der Waals surface area contributed by atoms with Crippen molar-refractivity contribution in [2.45, 2.75) is 109 Å². The van der Waals surface area contributed by atoms with Gasteiger partial charge >= 0.3 is 27.1 Å². The summed E-state index contributed by atoms with van der Waals surface area (Å²) in [6.07, 6.45) is 6.26. The van der Waals surface area contributed by atoms with Crippen LogP contribution in [-0.2, 0) is 51.0 Å². The van der Waals surface area contributed by atoms with Gasteiger partial charge in [0, 0.05) is 30.3 Å². The average Bonchev–Trinajstić information content (AvgIpc) is 0.765. The van der Waals surface area contributed by atoms with Crippen LogP contribution in [0.1, 0.15) is 112 Å². The van der Waals surface area contributed by atoms with Gasteiger partial charge in [0.15, 0.2) is 0 Å². The standard InChI is InChI=1S/C22H21O2P.C14H20O3.C14H18O3.C13H18O3.C10H12O2.BBr3/c1-2-24-22(23)18-25(19-12-6-3-7-13-19,20-14-8-4-9-15-20)21-16-10-5-11-17-21;2*1-5-17-14(15)9-7-12-6-8-13(16-4)11(3)10(12)2;1-4-16-13(15)8-6-11-5-7-12(14)10(3)9(11)2;1-7-8(2)10(12-3)5-4-9(7)6-11;2-1(3)4/h3-18H,2H2,1H3;6,8H,5,7,9H2,1-4H3;6-9H,5H2,1-4H3;5,7,14H,4,6,8H2,1-3H3;4-6H,1-3H3;/b;;9-7+;;;. The van der Waals surface area contributed by atoms with Gasteiger partial charge in [0.1, 0.15) is 29.3 Å². The Morgan fingerprint density at radius 1 is 0.440 bits per heavy atom. The van der Waals surface area contributed by atoms with Gasteiger partial charge in [0.05, 0.1) is 47.8 Å². The zero-order valence-electron chi connectivity index (χ0n) is 55.2. The molecule has 0 fully saturated rings. The maximum Gasteiger partial charge on any atom is 0.369 e. The first-order chi connectivity index (χ1) is 43.5. The van der Waals surface area contributed by atoms with E-state index in [1.165, 1.54) is 17.2 Å². The number of carbonyl (C=O) groups excluding carboxylic acids is 5. The Kier molecular flexibility index (Phi) is 38.3. The molecule has 0 aliphatic carbocycles. The Hall–Kier alpha value is -7.17. The zero-order chi connectivity index (χ0) is 68.1. The molecule has 0 atom stereocenters. The second-order valence-corrected chi connectivity index (χ2v) is 29.7. The summed E-state index contributed by atoms with van der Waals surface area (Å²) in [4.78, 5) is 56.8. The van der Waals surface area contributed by atoms with Crippen molar-refractivity contribution in [1.29, 1.82) is 0 Å². The molecule has 0 saturated heterocycles. The van der Waals surface area contributed by atoms with Crippen LogP contribution >= 0.6 is 54.2 Å². The number of aromatic hydroxyl groups is 1. The molecular weight excluding hydrogens is 1370 g/mol. The summed E-state index contributed by atoms with van der Waals surface area (Å²) in [5.74, 6) is 3.78. The highest BCUT2D eigenvalue weighted by Crippen LogP contribution is 2.43. The second-order valence-electron chi connectivity index (χ2n) is 20.1. The highest BCUT2D eigenvalue weighted by Gasteiger charge is 2.27. The molecule has 1 N–H and O–H groups in total. The molecule has 0 spiro atoms. The molecule has 0 aromatic heterocycles. The number of aldehydes is 1. The Morgan fingerprint density at radius 2 is 0.780 bits per heavy atom. The van der Waals surface area contributed by atoms with Crippen molar-refractivity contribution in [3.8, 4) is 23.0 Å². The van der Waals surface area contributed by atoms with Gasteiger partial charge in [-0.1, -0.05) is 109 Å². The monoisotopic (exact) mass is 1450 g/mol. The molecule has 0 radical (unpaired) electrons. The number of phenols is 1. The first kappa shape index (κ1) is 79.9. The predicted octanol–water partition coefficient (Wildman–Crippen LogP) is 15.8. The van der Waals surface area contributed by atoms with Gasteiger partial charge in [-0.3, -0.25) is 14.4 Å². The van der Waals surface area contributed by atoms with Crippen LogP contribution in [0.2, 0.25) is 0 Å². The Morgan fingerprint density at radius 3 is 1.16 bits per heavy atom. The molecule has 7 aromatic rings. The zero-order valence-corrected chi connectivity index (χ0v) is 60.9. The largest absolute Gasteiger partial charge is 0.508 e. The first-order valence-electron chi connectivity index (χ1n) is 29.8. The van der Waals surface area contributed by atoms with Crippen LogP contribution < -0.4 is 30.1 Å². The molecule has 0 aliphatic rings. The minimum Gasteiger partial charge on any atom is -0.508 e. The SMILES string of the molecule is BrB(Br)Br.CCOC(=O)/C=C/c1ccc(OC)c(C)c1C.CCOC(=O)C=P(c1ccccc1)(c1ccccc1)c1ccccc1.CCOC(=O)CCc1ccc(O)c(C)c1C.CCOC(=O)CCc1ccc(OC)c(C)c1C.COc1ccc(C=O)c(C)c1C. The molecule has 18 heteroatoms. The molecule has 91 heavy (non-hydrogen) atoms. The molecule has 0 saturated carbocycles. The van der Waals surface area contributed by atoms with Crippen LogP contribution in [0.4, 0.5) is 0 Å². The van der Waals surface area contributed by atoms with Crippen molar-refractivity contribution >= 4 is 115 Å². The number of hydrogen-bond acceptors (Lipinski definition) is 13. The van der Waals surface area contributed by atoms with Gasteiger partial charge in [0.25, 0.3) is 0 Å². The van der Waals surface area contributed by atoms with E-state index < -0.39 is 6.89 Å². The third kappa shape index (κ3) is 26.5. The number of methoxy groups -OCH3 is 3. The quantitative estimate of drug-likeness (QED) is 0.0191. The minimum absolute atomic E-state index is 0.139. The number of phenolic OH excluding ortho intramolecular Hbond substituents is 1. The molecule has 0 aliphatic heterocycles. The lowest BCUT2D eigenvalue weighted by Gasteiger charge is -2.28. The van der Waals surface area contributed by atoms with Crippen LogP contribution in [0.15, 0.2) is 146 Å². The maximum atomic E-state index is 12.5. The molecule has 7 rings (SSSR count). The number of ether oxygens (including phenoxy) is 7. The number of aryl methyl sites for hydroxylation is 2. The summed E-state index contributed by atoms with van der Waals surface area (Å²) in [6.45, 7) is 22.4. The molecule has 13 nitrogen and oxygen atoms in total. The maximum absolute atomic E-state index is 12.5. The van der Waals surface area contributed by atoms with E-state index in [9.17, 15) is 29.1 Å². The van der Waals surface area contributed by atoms with Crippen LogP contribution in [0.25, 0.3) is 6.08 Å². The van der Waals surface area contributed by atoms with E-state index in [0.717, 1.165) is 102 Å². The topological polar surface area (TPSA) is 170 Å².